The minimum atomic E-state index is -0.336. The zero-order chi connectivity index (χ0) is 12.4. The number of carbonyl (C=O) groups is 1. The van der Waals surface area contributed by atoms with E-state index in [1.807, 2.05) is 6.92 Å². The summed E-state index contributed by atoms with van der Waals surface area (Å²) in [7, 11) is 0. The minimum absolute atomic E-state index is 0.111. The highest BCUT2D eigenvalue weighted by Crippen LogP contribution is 2.22. The van der Waals surface area contributed by atoms with Crippen molar-refractivity contribution in [1.29, 1.82) is 0 Å². The van der Waals surface area contributed by atoms with Crippen molar-refractivity contribution in [2.24, 2.45) is 0 Å². The molecule has 2 rings (SSSR count). The van der Waals surface area contributed by atoms with E-state index in [2.05, 4.69) is 9.97 Å². The third-order valence-electron chi connectivity index (χ3n) is 2.16. The molecule has 0 saturated carbocycles. The summed E-state index contributed by atoms with van der Waals surface area (Å²) in [4.78, 5) is 20.0. The van der Waals surface area contributed by atoms with Crippen molar-refractivity contribution in [3.05, 3.63) is 57.6 Å². The van der Waals surface area contributed by atoms with Gasteiger partial charge in [-0.15, -0.1) is 0 Å². The lowest BCUT2D eigenvalue weighted by atomic mass is 10.1. The summed E-state index contributed by atoms with van der Waals surface area (Å²) >= 11 is 11.8. The average Bonchev–Trinajstić information content (AvgIpc) is 2.32. The number of benzene rings is 1. The third kappa shape index (κ3) is 2.62. The molecule has 0 atom stereocenters. The Hall–Kier alpha value is -1.45. The van der Waals surface area contributed by atoms with Gasteiger partial charge in [-0.2, -0.15) is 0 Å². The van der Waals surface area contributed by atoms with Crippen LogP contribution < -0.4 is 0 Å². The number of rotatable bonds is 2. The number of ketones is 1. The molecular formula is C12H8Cl2N2O. The van der Waals surface area contributed by atoms with Crippen molar-refractivity contribution in [2.45, 2.75) is 6.92 Å². The van der Waals surface area contributed by atoms with Gasteiger partial charge in [-0.05, 0) is 30.7 Å². The lowest BCUT2D eigenvalue weighted by molar-refractivity contribution is 0.102. The highest BCUT2D eigenvalue weighted by Gasteiger charge is 2.15. The second kappa shape index (κ2) is 4.82. The molecule has 1 aromatic heterocycles. The van der Waals surface area contributed by atoms with Crippen LogP contribution in [0.3, 0.4) is 0 Å². The lowest BCUT2D eigenvalue weighted by Crippen LogP contribution is -2.07. The van der Waals surface area contributed by atoms with E-state index in [0.717, 1.165) is 5.56 Å². The second-order valence-corrected chi connectivity index (χ2v) is 4.38. The zero-order valence-electron chi connectivity index (χ0n) is 8.95. The van der Waals surface area contributed by atoms with Crippen LogP contribution >= 0.6 is 23.2 Å². The van der Waals surface area contributed by atoms with Gasteiger partial charge in [-0.3, -0.25) is 4.79 Å². The average molecular weight is 267 g/mol. The molecule has 0 N–H and O–H groups in total. The summed E-state index contributed by atoms with van der Waals surface area (Å²) in [5.41, 5.74) is 1.20. The number of nitrogens with zero attached hydrogens (tertiary/aromatic N) is 2. The number of aromatic nitrogens is 2. The van der Waals surface area contributed by atoms with Crippen molar-refractivity contribution >= 4 is 29.0 Å². The normalized spacial score (nSPS) is 10.3. The number of carbonyl (C=O) groups excluding carboxylic acids is 1. The fourth-order valence-electron chi connectivity index (χ4n) is 1.30. The van der Waals surface area contributed by atoms with Crippen LogP contribution in [0.1, 0.15) is 21.7 Å². The smallest absolute Gasteiger partial charge is 0.231 e. The first kappa shape index (κ1) is 12.0. The van der Waals surface area contributed by atoms with Crippen LogP contribution in [0.15, 0.2) is 30.6 Å². The molecule has 0 bridgehead atoms. The molecule has 1 aromatic carbocycles. The van der Waals surface area contributed by atoms with Gasteiger partial charge in [-0.1, -0.05) is 23.2 Å². The molecule has 0 radical (unpaired) electrons. The van der Waals surface area contributed by atoms with Gasteiger partial charge in [0.1, 0.15) is 0 Å². The Morgan fingerprint density at radius 3 is 2.47 bits per heavy atom. The molecule has 17 heavy (non-hydrogen) atoms. The Labute approximate surface area is 108 Å². The Bertz CT molecular complexity index is 567. The SMILES string of the molecule is Cc1cnc(C(=O)c2cc(Cl)ccc2Cl)nc1. The lowest BCUT2D eigenvalue weighted by Gasteiger charge is -2.03. The van der Waals surface area contributed by atoms with Crippen molar-refractivity contribution in [3.63, 3.8) is 0 Å². The molecule has 86 valence electrons. The zero-order valence-corrected chi connectivity index (χ0v) is 10.5. The molecule has 1 heterocycles. The fraction of sp³-hybridized carbons (Fsp3) is 0.0833. The van der Waals surface area contributed by atoms with E-state index in [4.69, 9.17) is 23.2 Å². The van der Waals surface area contributed by atoms with Crippen LogP contribution in [0.25, 0.3) is 0 Å². The number of hydrogen-bond donors (Lipinski definition) is 0. The summed E-state index contributed by atoms with van der Waals surface area (Å²) in [5, 5.41) is 0.786. The summed E-state index contributed by atoms with van der Waals surface area (Å²) < 4.78 is 0. The van der Waals surface area contributed by atoms with E-state index in [0.29, 0.717) is 15.6 Å². The molecule has 0 aliphatic heterocycles. The van der Waals surface area contributed by atoms with Crippen LogP contribution in [-0.4, -0.2) is 15.8 Å². The predicted octanol–water partition coefficient (Wildman–Crippen LogP) is 3.32. The van der Waals surface area contributed by atoms with Crippen LogP contribution in [0.4, 0.5) is 0 Å². The van der Waals surface area contributed by atoms with Crippen molar-refractivity contribution < 1.29 is 4.79 Å². The van der Waals surface area contributed by atoms with Gasteiger partial charge >= 0.3 is 0 Å². The quantitative estimate of drug-likeness (QED) is 0.784. The predicted molar refractivity (Wildman–Crippen MR) is 66.7 cm³/mol. The Morgan fingerprint density at radius 1 is 1.18 bits per heavy atom. The Balaban J connectivity index is 2.43. The first-order chi connectivity index (χ1) is 8.08. The maximum Gasteiger partial charge on any atom is 0.231 e. The molecule has 0 aliphatic rings. The summed E-state index contributed by atoms with van der Waals surface area (Å²) in [6, 6.07) is 4.71. The highest BCUT2D eigenvalue weighted by atomic mass is 35.5. The Morgan fingerprint density at radius 2 is 1.82 bits per heavy atom. The molecule has 0 spiro atoms. The second-order valence-electron chi connectivity index (χ2n) is 3.54. The maximum atomic E-state index is 12.1. The largest absolute Gasteiger partial charge is 0.285 e. The van der Waals surface area contributed by atoms with Crippen molar-refractivity contribution in [1.82, 2.24) is 9.97 Å². The van der Waals surface area contributed by atoms with E-state index in [1.165, 1.54) is 6.07 Å². The summed E-state index contributed by atoms with van der Waals surface area (Å²) in [6.07, 6.45) is 3.16. The van der Waals surface area contributed by atoms with Crippen molar-refractivity contribution in [3.8, 4) is 0 Å². The van der Waals surface area contributed by atoms with E-state index < -0.39 is 0 Å². The molecular weight excluding hydrogens is 259 g/mol. The number of halogens is 2. The van der Waals surface area contributed by atoms with Gasteiger partial charge < -0.3 is 0 Å². The van der Waals surface area contributed by atoms with Gasteiger partial charge in [0.15, 0.2) is 0 Å². The van der Waals surface area contributed by atoms with E-state index in [1.54, 1.807) is 24.5 Å². The molecule has 0 unspecified atom stereocenters. The summed E-state index contributed by atoms with van der Waals surface area (Å²) in [6.45, 7) is 1.85. The molecule has 2 aromatic rings. The van der Waals surface area contributed by atoms with Gasteiger partial charge in [0, 0.05) is 23.0 Å². The van der Waals surface area contributed by atoms with Crippen LogP contribution in [0.5, 0.6) is 0 Å². The highest BCUT2D eigenvalue weighted by molar-refractivity contribution is 6.36. The fourth-order valence-corrected chi connectivity index (χ4v) is 1.68. The molecule has 0 aliphatic carbocycles. The molecule has 0 saturated heterocycles. The summed E-state index contributed by atoms with van der Waals surface area (Å²) in [5.74, 6) is -0.225. The van der Waals surface area contributed by atoms with Crippen LogP contribution in [0.2, 0.25) is 10.0 Å². The monoisotopic (exact) mass is 266 g/mol. The van der Waals surface area contributed by atoms with E-state index in [-0.39, 0.29) is 11.6 Å². The van der Waals surface area contributed by atoms with Gasteiger partial charge in [-0.25, -0.2) is 9.97 Å². The maximum absolute atomic E-state index is 12.1. The molecule has 0 amide bonds. The topological polar surface area (TPSA) is 42.9 Å². The first-order valence-electron chi connectivity index (χ1n) is 4.86. The standard InChI is InChI=1S/C12H8Cl2N2O/c1-7-5-15-12(16-6-7)11(17)9-4-8(13)2-3-10(9)14/h2-6H,1H3. The molecule has 3 nitrogen and oxygen atoms in total. The number of aryl methyl sites for hydroxylation is 1. The van der Waals surface area contributed by atoms with Gasteiger partial charge in [0.05, 0.1) is 5.02 Å². The van der Waals surface area contributed by atoms with Crippen molar-refractivity contribution in [2.75, 3.05) is 0 Å². The minimum Gasteiger partial charge on any atom is -0.285 e. The van der Waals surface area contributed by atoms with Crippen LogP contribution in [0, 0.1) is 6.92 Å². The molecule has 5 heteroatoms. The van der Waals surface area contributed by atoms with E-state index in [9.17, 15) is 4.79 Å². The Kier molecular flexibility index (Phi) is 3.41. The molecule has 0 fully saturated rings. The van der Waals surface area contributed by atoms with Crippen LogP contribution in [-0.2, 0) is 0 Å². The van der Waals surface area contributed by atoms with E-state index >= 15 is 0 Å². The van der Waals surface area contributed by atoms with Gasteiger partial charge in [0.2, 0.25) is 11.6 Å². The third-order valence-corrected chi connectivity index (χ3v) is 2.72. The number of hydrogen-bond acceptors (Lipinski definition) is 3. The van der Waals surface area contributed by atoms with Gasteiger partial charge in [0.25, 0.3) is 0 Å². The first-order valence-corrected chi connectivity index (χ1v) is 5.62.